The van der Waals surface area contributed by atoms with Crippen LogP contribution in [0.15, 0.2) is 42.6 Å². The second-order valence-electron chi connectivity index (χ2n) is 6.98. The van der Waals surface area contributed by atoms with Crippen LogP contribution < -0.4 is 16.2 Å². The standard InChI is InChI=1S/C22H22N6O3/c1-12-6-7-16-15(11-25-28-16)17(12)19-18(23)20(21(24)29)27-22(26-19)13-4-3-5-14(10-13)31-9-8-30-2/h3-7,10-11H,8-9,23H2,1-2H3,(H2,24,29)(H,25,28). The van der Waals surface area contributed by atoms with Crippen molar-refractivity contribution in [3.05, 3.63) is 53.9 Å². The Bertz CT molecular complexity index is 1270. The number of carbonyl (C=O) groups is 1. The molecule has 2 aromatic heterocycles. The molecule has 1 amide bonds. The summed E-state index contributed by atoms with van der Waals surface area (Å²) in [5.74, 6) is 0.215. The highest BCUT2D eigenvalue weighted by atomic mass is 16.5. The molecular formula is C22H22N6O3. The lowest BCUT2D eigenvalue weighted by Crippen LogP contribution is -2.18. The Labute approximate surface area is 178 Å². The monoisotopic (exact) mass is 418 g/mol. The van der Waals surface area contributed by atoms with Gasteiger partial charge in [0.05, 0.1) is 29.7 Å². The fourth-order valence-electron chi connectivity index (χ4n) is 3.39. The fraction of sp³-hybridized carbons (Fsp3) is 0.182. The number of ether oxygens (including phenoxy) is 2. The summed E-state index contributed by atoms with van der Waals surface area (Å²) in [6, 6.07) is 11.1. The number of fused-ring (bicyclic) bond motifs is 1. The number of carbonyl (C=O) groups excluding carboxylic acids is 1. The molecule has 5 N–H and O–H groups in total. The maximum atomic E-state index is 12.1. The largest absolute Gasteiger partial charge is 0.491 e. The quantitative estimate of drug-likeness (QED) is 0.392. The van der Waals surface area contributed by atoms with Crippen molar-refractivity contribution in [2.45, 2.75) is 6.92 Å². The minimum absolute atomic E-state index is 0.0365. The van der Waals surface area contributed by atoms with E-state index in [0.29, 0.717) is 36.0 Å². The molecular weight excluding hydrogens is 396 g/mol. The summed E-state index contributed by atoms with van der Waals surface area (Å²) >= 11 is 0. The number of H-pyrrole nitrogens is 1. The third kappa shape index (κ3) is 3.90. The van der Waals surface area contributed by atoms with E-state index in [1.54, 1.807) is 19.4 Å². The number of nitrogens with two attached hydrogens (primary N) is 2. The molecule has 0 saturated carbocycles. The van der Waals surface area contributed by atoms with Gasteiger partial charge in [0, 0.05) is 23.6 Å². The maximum absolute atomic E-state index is 12.1. The number of amides is 1. The molecule has 158 valence electrons. The molecule has 4 aromatic rings. The van der Waals surface area contributed by atoms with Crippen LogP contribution in [-0.2, 0) is 4.74 Å². The molecule has 31 heavy (non-hydrogen) atoms. The number of anilines is 1. The zero-order valence-electron chi connectivity index (χ0n) is 17.2. The SMILES string of the molecule is COCCOc1cccc(-c2nc(C(N)=O)c(N)c(-c3c(C)ccc4[nH]ncc34)n2)c1. The maximum Gasteiger partial charge on any atom is 0.269 e. The van der Waals surface area contributed by atoms with E-state index in [0.717, 1.165) is 22.0 Å². The Morgan fingerprint density at radius 1 is 1.16 bits per heavy atom. The lowest BCUT2D eigenvalue weighted by Gasteiger charge is -2.14. The van der Waals surface area contributed by atoms with Gasteiger partial charge in [-0.25, -0.2) is 9.97 Å². The van der Waals surface area contributed by atoms with Crippen molar-refractivity contribution in [1.29, 1.82) is 0 Å². The fourth-order valence-corrected chi connectivity index (χ4v) is 3.39. The predicted octanol–water partition coefficient (Wildman–Crippen LogP) is 2.70. The molecule has 0 radical (unpaired) electrons. The summed E-state index contributed by atoms with van der Waals surface area (Å²) < 4.78 is 10.7. The summed E-state index contributed by atoms with van der Waals surface area (Å²) in [7, 11) is 1.61. The topological polar surface area (TPSA) is 142 Å². The summed E-state index contributed by atoms with van der Waals surface area (Å²) in [6.07, 6.45) is 1.70. The number of rotatable bonds is 7. The second-order valence-corrected chi connectivity index (χ2v) is 6.98. The normalized spacial score (nSPS) is 11.0. The molecule has 2 heterocycles. The number of methoxy groups -OCH3 is 1. The van der Waals surface area contributed by atoms with Crippen LogP contribution >= 0.6 is 0 Å². The smallest absolute Gasteiger partial charge is 0.269 e. The highest BCUT2D eigenvalue weighted by molar-refractivity contribution is 6.04. The molecule has 0 saturated heterocycles. The molecule has 4 rings (SSSR count). The minimum atomic E-state index is -0.730. The number of hydrogen-bond donors (Lipinski definition) is 3. The first-order valence-corrected chi connectivity index (χ1v) is 9.62. The zero-order chi connectivity index (χ0) is 22.0. The lowest BCUT2D eigenvalue weighted by atomic mass is 9.99. The van der Waals surface area contributed by atoms with Crippen molar-refractivity contribution in [2.24, 2.45) is 5.73 Å². The van der Waals surface area contributed by atoms with Crippen LogP contribution in [-0.4, -0.2) is 46.4 Å². The van der Waals surface area contributed by atoms with Crippen molar-refractivity contribution in [3.8, 4) is 28.4 Å². The number of aryl methyl sites for hydroxylation is 1. The van der Waals surface area contributed by atoms with Crippen molar-refractivity contribution >= 4 is 22.5 Å². The Hall–Kier alpha value is -3.98. The molecule has 0 atom stereocenters. The molecule has 2 aromatic carbocycles. The molecule has 9 nitrogen and oxygen atoms in total. The van der Waals surface area contributed by atoms with E-state index in [-0.39, 0.29) is 11.4 Å². The van der Waals surface area contributed by atoms with Crippen molar-refractivity contribution < 1.29 is 14.3 Å². The minimum Gasteiger partial charge on any atom is -0.491 e. The summed E-state index contributed by atoms with van der Waals surface area (Å²) in [4.78, 5) is 21.2. The number of aromatic amines is 1. The molecule has 0 aliphatic rings. The lowest BCUT2D eigenvalue weighted by molar-refractivity contribution is 0.0996. The number of nitrogen functional groups attached to an aromatic ring is 1. The van der Waals surface area contributed by atoms with Gasteiger partial charge < -0.3 is 20.9 Å². The first-order chi connectivity index (χ1) is 15.0. The van der Waals surface area contributed by atoms with E-state index in [2.05, 4.69) is 15.2 Å². The van der Waals surface area contributed by atoms with Gasteiger partial charge in [0.2, 0.25) is 0 Å². The number of hydrogen-bond acceptors (Lipinski definition) is 7. The van der Waals surface area contributed by atoms with Gasteiger partial charge in [0.15, 0.2) is 11.5 Å². The summed E-state index contributed by atoms with van der Waals surface area (Å²) in [5, 5.41) is 7.89. The number of nitrogens with zero attached hydrogens (tertiary/aromatic N) is 3. The van der Waals surface area contributed by atoms with Crippen molar-refractivity contribution in [1.82, 2.24) is 20.2 Å². The molecule has 0 unspecified atom stereocenters. The van der Waals surface area contributed by atoms with Crippen LogP contribution in [0.1, 0.15) is 16.1 Å². The van der Waals surface area contributed by atoms with Crippen molar-refractivity contribution in [3.63, 3.8) is 0 Å². The van der Waals surface area contributed by atoms with E-state index in [4.69, 9.17) is 25.9 Å². The van der Waals surface area contributed by atoms with Gasteiger partial charge >= 0.3 is 0 Å². The van der Waals surface area contributed by atoms with Crippen LogP contribution in [0.5, 0.6) is 5.75 Å². The molecule has 0 aliphatic heterocycles. The Morgan fingerprint density at radius 3 is 2.77 bits per heavy atom. The van der Waals surface area contributed by atoms with Crippen LogP contribution in [0.2, 0.25) is 0 Å². The van der Waals surface area contributed by atoms with Crippen LogP contribution in [0.4, 0.5) is 5.69 Å². The van der Waals surface area contributed by atoms with Gasteiger partial charge in [-0.1, -0.05) is 18.2 Å². The summed E-state index contributed by atoms with van der Waals surface area (Å²) in [5.41, 5.74) is 15.6. The van der Waals surface area contributed by atoms with Gasteiger partial charge in [-0.15, -0.1) is 0 Å². The van der Waals surface area contributed by atoms with E-state index in [9.17, 15) is 4.79 Å². The molecule has 0 aliphatic carbocycles. The Kier molecular flexibility index (Phi) is 5.50. The average molecular weight is 418 g/mol. The molecule has 0 spiro atoms. The first kappa shape index (κ1) is 20.3. The average Bonchev–Trinajstić information content (AvgIpc) is 3.23. The first-order valence-electron chi connectivity index (χ1n) is 9.62. The van der Waals surface area contributed by atoms with Crippen molar-refractivity contribution in [2.75, 3.05) is 26.1 Å². The van der Waals surface area contributed by atoms with Crippen LogP contribution in [0.3, 0.4) is 0 Å². The zero-order valence-corrected chi connectivity index (χ0v) is 17.2. The number of nitrogens with one attached hydrogen (secondary N) is 1. The predicted molar refractivity (Wildman–Crippen MR) is 118 cm³/mol. The highest BCUT2D eigenvalue weighted by Crippen LogP contribution is 2.36. The Morgan fingerprint density at radius 2 is 2.00 bits per heavy atom. The van der Waals surface area contributed by atoms with Gasteiger partial charge in [0.1, 0.15) is 12.4 Å². The number of primary amides is 1. The van der Waals surface area contributed by atoms with E-state index in [1.807, 2.05) is 37.3 Å². The number of benzene rings is 2. The Balaban J connectivity index is 1.89. The third-order valence-electron chi connectivity index (χ3n) is 4.90. The van der Waals surface area contributed by atoms with Crippen LogP contribution in [0, 0.1) is 6.92 Å². The summed E-state index contributed by atoms with van der Waals surface area (Å²) in [6.45, 7) is 2.81. The van der Waals surface area contributed by atoms with E-state index in [1.165, 1.54) is 0 Å². The van der Waals surface area contributed by atoms with Gasteiger partial charge in [-0.3, -0.25) is 9.89 Å². The molecule has 9 heteroatoms. The van der Waals surface area contributed by atoms with Gasteiger partial charge in [-0.05, 0) is 30.7 Å². The van der Waals surface area contributed by atoms with E-state index >= 15 is 0 Å². The second kappa shape index (κ2) is 8.41. The highest BCUT2D eigenvalue weighted by Gasteiger charge is 2.21. The van der Waals surface area contributed by atoms with E-state index < -0.39 is 5.91 Å². The van der Waals surface area contributed by atoms with Crippen LogP contribution in [0.25, 0.3) is 33.5 Å². The third-order valence-corrected chi connectivity index (χ3v) is 4.90. The van der Waals surface area contributed by atoms with Gasteiger partial charge in [0.25, 0.3) is 5.91 Å². The molecule has 0 bridgehead atoms. The number of aromatic nitrogens is 4. The van der Waals surface area contributed by atoms with Gasteiger partial charge in [-0.2, -0.15) is 5.10 Å². The molecule has 0 fully saturated rings.